The van der Waals surface area contributed by atoms with Gasteiger partial charge in [-0.15, -0.1) is 0 Å². The highest BCUT2D eigenvalue weighted by molar-refractivity contribution is 7.92. The minimum absolute atomic E-state index is 0.208. The van der Waals surface area contributed by atoms with Crippen LogP contribution in [0.1, 0.15) is 41.0 Å². The number of rotatable bonds is 3. The third-order valence-corrected chi connectivity index (χ3v) is 7.39. The van der Waals surface area contributed by atoms with Crippen LogP contribution in [0.2, 0.25) is 0 Å². The maximum atomic E-state index is 12.1. The van der Waals surface area contributed by atoms with Crippen molar-refractivity contribution in [3.05, 3.63) is 0 Å². The zero-order chi connectivity index (χ0) is 15.9. The van der Waals surface area contributed by atoms with Crippen molar-refractivity contribution in [3.63, 3.8) is 0 Å². The average molecular weight is 315 g/mol. The Kier molecular flexibility index (Phi) is 4.30. The van der Waals surface area contributed by atoms with E-state index in [2.05, 4.69) is 24.1 Å². The summed E-state index contributed by atoms with van der Waals surface area (Å²) < 4.78 is 23.5. The van der Waals surface area contributed by atoms with Crippen LogP contribution in [0, 0.1) is 11.3 Å². The minimum atomic E-state index is -3.00. The van der Waals surface area contributed by atoms with Crippen molar-refractivity contribution in [1.29, 1.82) is 0 Å². The summed E-state index contributed by atoms with van der Waals surface area (Å²) in [4.78, 5) is 6.84. The molecule has 0 aromatic rings. The van der Waals surface area contributed by atoms with E-state index in [-0.39, 0.29) is 5.75 Å². The zero-order valence-electron chi connectivity index (χ0n) is 13.9. The van der Waals surface area contributed by atoms with E-state index in [9.17, 15) is 8.42 Å². The van der Waals surface area contributed by atoms with E-state index < -0.39 is 14.6 Å². The number of sulfone groups is 1. The summed E-state index contributed by atoms with van der Waals surface area (Å²) in [5.74, 6) is 1.73. The molecule has 1 saturated carbocycles. The Balaban J connectivity index is 2.07. The van der Waals surface area contributed by atoms with E-state index in [0.29, 0.717) is 24.4 Å². The molecule has 1 heterocycles. The van der Waals surface area contributed by atoms with Crippen LogP contribution in [0.4, 0.5) is 0 Å². The third-order valence-electron chi connectivity index (χ3n) is 4.86. The van der Waals surface area contributed by atoms with Gasteiger partial charge in [0.15, 0.2) is 15.8 Å². The lowest BCUT2D eigenvalue weighted by Gasteiger charge is -2.39. The fourth-order valence-corrected chi connectivity index (χ4v) is 4.20. The molecule has 2 fully saturated rings. The van der Waals surface area contributed by atoms with Crippen LogP contribution in [-0.4, -0.2) is 56.0 Å². The lowest BCUT2D eigenvalue weighted by Crippen LogP contribution is -2.57. The molecule has 0 aromatic carbocycles. The molecular weight excluding hydrogens is 286 g/mol. The molecule has 1 saturated heterocycles. The van der Waals surface area contributed by atoms with E-state index in [1.54, 1.807) is 0 Å². The maximum absolute atomic E-state index is 12.1. The van der Waals surface area contributed by atoms with Gasteiger partial charge in [-0.1, -0.05) is 13.8 Å². The Morgan fingerprint density at radius 2 is 1.95 bits per heavy atom. The molecule has 6 heteroatoms. The summed E-state index contributed by atoms with van der Waals surface area (Å²) in [6.45, 7) is 12.9. The van der Waals surface area contributed by atoms with Crippen molar-refractivity contribution in [1.82, 2.24) is 10.2 Å². The topological polar surface area (TPSA) is 61.8 Å². The van der Waals surface area contributed by atoms with Crippen LogP contribution in [0.3, 0.4) is 0 Å². The van der Waals surface area contributed by atoms with Crippen LogP contribution < -0.4 is 5.32 Å². The Labute approximate surface area is 129 Å². The quantitative estimate of drug-likeness (QED) is 0.633. The second-order valence-electron chi connectivity index (χ2n) is 7.58. The fraction of sp³-hybridized carbons (Fsp3) is 0.933. The monoisotopic (exact) mass is 315 g/mol. The molecule has 21 heavy (non-hydrogen) atoms. The highest BCUT2D eigenvalue weighted by Crippen LogP contribution is 2.51. The normalized spacial score (nSPS) is 30.0. The van der Waals surface area contributed by atoms with E-state index in [0.717, 1.165) is 19.0 Å². The molecule has 2 rings (SSSR count). The summed E-state index contributed by atoms with van der Waals surface area (Å²) in [5.41, 5.74) is 0.422. The summed E-state index contributed by atoms with van der Waals surface area (Å²) in [6, 6.07) is 0. The van der Waals surface area contributed by atoms with Crippen molar-refractivity contribution in [2.75, 3.05) is 31.9 Å². The molecule has 1 unspecified atom stereocenters. The van der Waals surface area contributed by atoms with Crippen LogP contribution in [-0.2, 0) is 9.84 Å². The Morgan fingerprint density at radius 1 is 1.33 bits per heavy atom. The number of nitrogens with one attached hydrogen (secondary N) is 1. The van der Waals surface area contributed by atoms with E-state index >= 15 is 0 Å². The lowest BCUT2D eigenvalue weighted by atomic mass is 10.1. The molecule has 0 radical (unpaired) electrons. The average Bonchev–Trinajstić information content (AvgIpc) is 2.96. The highest BCUT2D eigenvalue weighted by Gasteiger charge is 2.45. The van der Waals surface area contributed by atoms with Gasteiger partial charge in [-0.2, -0.15) is 0 Å². The van der Waals surface area contributed by atoms with Gasteiger partial charge in [0.1, 0.15) is 0 Å². The van der Waals surface area contributed by atoms with Crippen molar-refractivity contribution >= 4 is 15.8 Å². The van der Waals surface area contributed by atoms with Crippen LogP contribution in [0.25, 0.3) is 0 Å². The number of nitrogens with zero attached hydrogens (tertiary/aromatic N) is 2. The first-order valence-electron chi connectivity index (χ1n) is 7.84. The summed E-state index contributed by atoms with van der Waals surface area (Å²) >= 11 is 0. The van der Waals surface area contributed by atoms with E-state index in [4.69, 9.17) is 4.99 Å². The molecule has 1 N–H and O–H groups in total. The Bertz CT molecular complexity index is 523. The standard InChI is InChI=1S/C15H29N3O2S/c1-6-16-13(17-10-12-9-14(12,2)3)18-7-8-21(19,20)15(4,5)11-18/h12H,6-11H2,1-5H3,(H,16,17). The molecule has 1 aliphatic carbocycles. The summed E-state index contributed by atoms with van der Waals surface area (Å²) in [6.07, 6.45) is 1.23. The Hall–Kier alpha value is -0.780. The molecular formula is C15H29N3O2S. The predicted molar refractivity (Wildman–Crippen MR) is 87.3 cm³/mol. The first-order chi connectivity index (χ1) is 9.59. The second-order valence-corrected chi connectivity index (χ2v) is 10.3. The van der Waals surface area contributed by atoms with Crippen LogP contribution in [0.5, 0.6) is 0 Å². The minimum Gasteiger partial charge on any atom is -0.357 e. The van der Waals surface area contributed by atoms with Gasteiger partial charge < -0.3 is 10.2 Å². The first kappa shape index (κ1) is 16.6. The molecule has 5 nitrogen and oxygen atoms in total. The zero-order valence-corrected chi connectivity index (χ0v) is 14.8. The lowest BCUT2D eigenvalue weighted by molar-refractivity contribution is 0.353. The third kappa shape index (κ3) is 3.52. The van der Waals surface area contributed by atoms with E-state index in [1.807, 2.05) is 20.8 Å². The summed E-state index contributed by atoms with van der Waals surface area (Å²) in [7, 11) is -3.00. The molecule has 122 valence electrons. The predicted octanol–water partition coefficient (Wildman–Crippen LogP) is 1.51. The molecule has 0 aromatic heterocycles. The van der Waals surface area contributed by atoms with Crippen molar-refractivity contribution in [3.8, 4) is 0 Å². The highest BCUT2D eigenvalue weighted by atomic mass is 32.2. The number of aliphatic imine (C=N–C) groups is 1. The first-order valence-corrected chi connectivity index (χ1v) is 9.50. The van der Waals surface area contributed by atoms with Gasteiger partial charge in [-0.05, 0) is 38.5 Å². The Morgan fingerprint density at radius 3 is 2.43 bits per heavy atom. The smallest absolute Gasteiger partial charge is 0.194 e. The maximum Gasteiger partial charge on any atom is 0.194 e. The number of hydrogen-bond acceptors (Lipinski definition) is 3. The van der Waals surface area contributed by atoms with Gasteiger partial charge >= 0.3 is 0 Å². The molecule has 2 aliphatic rings. The van der Waals surface area contributed by atoms with Gasteiger partial charge in [0.05, 0.1) is 10.5 Å². The van der Waals surface area contributed by atoms with E-state index in [1.165, 1.54) is 6.42 Å². The second kappa shape index (κ2) is 5.45. The van der Waals surface area contributed by atoms with Crippen LogP contribution >= 0.6 is 0 Å². The van der Waals surface area contributed by atoms with Crippen LogP contribution in [0.15, 0.2) is 4.99 Å². The van der Waals surface area contributed by atoms with Crippen molar-refractivity contribution in [2.45, 2.75) is 45.8 Å². The molecule has 1 atom stereocenters. The largest absolute Gasteiger partial charge is 0.357 e. The van der Waals surface area contributed by atoms with Gasteiger partial charge in [0.2, 0.25) is 0 Å². The summed E-state index contributed by atoms with van der Waals surface area (Å²) in [5, 5.41) is 3.31. The SMILES string of the molecule is CCNC(=NCC1CC1(C)C)N1CCS(=O)(=O)C(C)(C)C1. The van der Waals surface area contributed by atoms with Gasteiger partial charge in [-0.3, -0.25) is 4.99 Å². The van der Waals surface area contributed by atoms with Crippen molar-refractivity contribution in [2.24, 2.45) is 16.3 Å². The number of hydrogen-bond donors (Lipinski definition) is 1. The van der Waals surface area contributed by atoms with Gasteiger partial charge in [0, 0.05) is 26.2 Å². The molecule has 0 bridgehead atoms. The molecule has 1 aliphatic heterocycles. The molecule has 0 spiro atoms. The van der Waals surface area contributed by atoms with Gasteiger partial charge in [-0.25, -0.2) is 8.42 Å². The number of guanidine groups is 1. The molecule has 0 amide bonds. The van der Waals surface area contributed by atoms with Crippen molar-refractivity contribution < 1.29 is 8.42 Å². The fourth-order valence-electron chi connectivity index (χ4n) is 2.83. The van der Waals surface area contributed by atoms with Gasteiger partial charge in [0.25, 0.3) is 0 Å².